The van der Waals surface area contributed by atoms with E-state index in [1.54, 1.807) is 18.1 Å². The lowest BCUT2D eigenvalue weighted by atomic mass is 9.90. The van der Waals surface area contributed by atoms with Crippen molar-refractivity contribution in [1.82, 2.24) is 20.5 Å². The number of esters is 1. The van der Waals surface area contributed by atoms with Crippen LogP contribution in [0.2, 0.25) is 0 Å². The SMILES string of the molecule is COC(=O)[C@H](C[C@@H]1CCNC1=O)NC(=O)[C@@H]1CC(C)(C)CN1C(=O)c1cc2c(OC)cccc2[nH]1. The number of ether oxygens (including phenoxy) is 2. The number of hydrogen-bond acceptors (Lipinski definition) is 6. The van der Waals surface area contributed by atoms with Gasteiger partial charge in [0.25, 0.3) is 5.91 Å². The molecule has 3 heterocycles. The molecule has 188 valence electrons. The molecule has 4 rings (SSSR count). The van der Waals surface area contributed by atoms with Crippen molar-refractivity contribution in [3.8, 4) is 5.75 Å². The number of carbonyl (C=O) groups is 4. The predicted octanol–water partition coefficient (Wildman–Crippen LogP) is 1.60. The van der Waals surface area contributed by atoms with Crippen molar-refractivity contribution in [2.24, 2.45) is 11.3 Å². The standard InChI is InChI=1S/C25H32N4O6/c1-25(2)12-19(22(31)28-18(24(33)35-4)10-14-8-9-26-21(14)30)29(13-25)23(32)17-11-15-16(27-17)6-5-7-20(15)34-3/h5-7,11,14,18-19,27H,8-10,12-13H2,1-4H3,(H,26,30)(H,28,31)/t14-,18-,19-/m0/s1. The molecule has 2 saturated heterocycles. The number of hydrogen-bond donors (Lipinski definition) is 3. The van der Waals surface area contributed by atoms with Gasteiger partial charge in [0.15, 0.2) is 0 Å². The Morgan fingerprint density at radius 1 is 1.26 bits per heavy atom. The minimum atomic E-state index is -0.973. The van der Waals surface area contributed by atoms with Gasteiger partial charge in [0.05, 0.1) is 14.2 Å². The van der Waals surface area contributed by atoms with Gasteiger partial charge >= 0.3 is 5.97 Å². The first-order chi connectivity index (χ1) is 16.6. The van der Waals surface area contributed by atoms with Gasteiger partial charge in [-0.05, 0) is 42.9 Å². The fourth-order valence-electron chi connectivity index (χ4n) is 5.07. The Labute approximate surface area is 203 Å². The monoisotopic (exact) mass is 484 g/mol. The van der Waals surface area contributed by atoms with Crippen LogP contribution in [0.3, 0.4) is 0 Å². The normalized spacial score (nSPS) is 22.1. The van der Waals surface area contributed by atoms with E-state index in [1.807, 2.05) is 32.0 Å². The van der Waals surface area contributed by atoms with Gasteiger partial charge in [-0.15, -0.1) is 0 Å². The minimum absolute atomic E-state index is 0.138. The van der Waals surface area contributed by atoms with E-state index in [4.69, 9.17) is 9.47 Å². The molecular formula is C25H32N4O6. The molecule has 10 nitrogen and oxygen atoms in total. The molecule has 1 aromatic carbocycles. The van der Waals surface area contributed by atoms with Crippen LogP contribution in [0, 0.1) is 11.3 Å². The predicted molar refractivity (Wildman–Crippen MR) is 128 cm³/mol. The lowest BCUT2D eigenvalue weighted by Gasteiger charge is -2.26. The first kappa shape index (κ1) is 24.6. The van der Waals surface area contributed by atoms with Crippen LogP contribution >= 0.6 is 0 Å². The first-order valence-electron chi connectivity index (χ1n) is 11.8. The highest BCUT2D eigenvalue weighted by Crippen LogP contribution is 2.36. The van der Waals surface area contributed by atoms with E-state index in [0.29, 0.717) is 37.4 Å². The van der Waals surface area contributed by atoms with Gasteiger partial charge in [-0.25, -0.2) is 4.79 Å². The molecule has 3 amide bonds. The molecule has 2 aliphatic rings. The summed E-state index contributed by atoms with van der Waals surface area (Å²) in [6, 6.07) is 5.49. The molecular weight excluding hydrogens is 452 g/mol. The number of nitrogens with one attached hydrogen (secondary N) is 3. The van der Waals surface area contributed by atoms with E-state index >= 15 is 0 Å². The quantitative estimate of drug-likeness (QED) is 0.512. The van der Waals surface area contributed by atoms with Crippen LogP contribution in [0.4, 0.5) is 0 Å². The minimum Gasteiger partial charge on any atom is -0.496 e. The van der Waals surface area contributed by atoms with Gasteiger partial charge in [-0.1, -0.05) is 19.9 Å². The summed E-state index contributed by atoms with van der Waals surface area (Å²) in [7, 11) is 2.81. The van der Waals surface area contributed by atoms with Crippen molar-refractivity contribution in [2.45, 2.75) is 45.2 Å². The second kappa shape index (κ2) is 9.59. The number of benzene rings is 1. The van der Waals surface area contributed by atoms with Crippen molar-refractivity contribution in [3.63, 3.8) is 0 Å². The van der Waals surface area contributed by atoms with Crippen molar-refractivity contribution >= 4 is 34.6 Å². The van der Waals surface area contributed by atoms with Crippen molar-refractivity contribution in [2.75, 3.05) is 27.3 Å². The molecule has 0 unspecified atom stereocenters. The van der Waals surface area contributed by atoms with Gasteiger partial charge < -0.3 is 30.0 Å². The number of amides is 3. The number of fused-ring (bicyclic) bond motifs is 1. The van der Waals surface area contributed by atoms with E-state index < -0.39 is 24.0 Å². The van der Waals surface area contributed by atoms with Crippen LogP contribution in [0.5, 0.6) is 5.75 Å². The van der Waals surface area contributed by atoms with Gasteiger partial charge in [0.2, 0.25) is 11.8 Å². The fourth-order valence-corrected chi connectivity index (χ4v) is 5.07. The molecule has 2 aliphatic heterocycles. The Morgan fingerprint density at radius 2 is 2.03 bits per heavy atom. The zero-order valence-electron chi connectivity index (χ0n) is 20.5. The van der Waals surface area contributed by atoms with Crippen molar-refractivity contribution in [1.29, 1.82) is 0 Å². The Kier molecular flexibility index (Phi) is 6.73. The Morgan fingerprint density at radius 3 is 2.69 bits per heavy atom. The van der Waals surface area contributed by atoms with Crippen molar-refractivity contribution in [3.05, 3.63) is 30.0 Å². The topological polar surface area (TPSA) is 130 Å². The number of methoxy groups -OCH3 is 2. The number of aromatic amines is 1. The largest absolute Gasteiger partial charge is 0.496 e. The van der Waals surface area contributed by atoms with Crippen LogP contribution in [0.1, 0.15) is 43.6 Å². The summed E-state index contributed by atoms with van der Waals surface area (Å²) in [5.74, 6) is -1.23. The number of rotatable bonds is 7. The summed E-state index contributed by atoms with van der Waals surface area (Å²) >= 11 is 0. The molecule has 1 aromatic heterocycles. The highest BCUT2D eigenvalue weighted by Gasteiger charge is 2.45. The molecule has 2 fully saturated rings. The summed E-state index contributed by atoms with van der Waals surface area (Å²) in [6.45, 7) is 4.91. The zero-order chi connectivity index (χ0) is 25.3. The van der Waals surface area contributed by atoms with Gasteiger partial charge in [-0.2, -0.15) is 0 Å². The highest BCUT2D eigenvalue weighted by molar-refractivity contribution is 6.02. The fraction of sp³-hybridized carbons (Fsp3) is 0.520. The summed E-state index contributed by atoms with van der Waals surface area (Å²) in [4.78, 5) is 56.1. The van der Waals surface area contributed by atoms with Crippen LogP contribution in [-0.4, -0.2) is 73.0 Å². The Hall–Kier alpha value is -3.56. The maximum Gasteiger partial charge on any atom is 0.328 e. The Bertz CT molecular complexity index is 1160. The average molecular weight is 485 g/mol. The molecule has 2 aromatic rings. The molecule has 35 heavy (non-hydrogen) atoms. The average Bonchev–Trinajstić information content (AvgIpc) is 3.53. The summed E-state index contributed by atoms with van der Waals surface area (Å²) in [5, 5.41) is 6.28. The van der Waals surface area contributed by atoms with E-state index in [9.17, 15) is 19.2 Å². The van der Waals surface area contributed by atoms with E-state index in [1.165, 1.54) is 7.11 Å². The zero-order valence-corrected chi connectivity index (χ0v) is 20.5. The Balaban J connectivity index is 1.56. The second-order valence-electron chi connectivity index (χ2n) is 10.0. The van der Waals surface area contributed by atoms with Crippen LogP contribution in [0.15, 0.2) is 24.3 Å². The maximum atomic E-state index is 13.5. The van der Waals surface area contributed by atoms with Gasteiger partial charge in [-0.3, -0.25) is 14.4 Å². The number of nitrogens with zero attached hydrogens (tertiary/aromatic N) is 1. The highest BCUT2D eigenvalue weighted by atomic mass is 16.5. The number of aromatic nitrogens is 1. The number of likely N-dealkylation sites (tertiary alicyclic amines) is 1. The van der Waals surface area contributed by atoms with Crippen LogP contribution in [0.25, 0.3) is 10.9 Å². The lowest BCUT2D eigenvalue weighted by molar-refractivity contribution is -0.146. The molecule has 0 saturated carbocycles. The van der Waals surface area contributed by atoms with E-state index in [0.717, 1.165) is 10.9 Å². The molecule has 0 radical (unpaired) electrons. The van der Waals surface area contributed by atoms with Gasteiger partial charge in [0.1, 0.15) is 23.5 Å². The molecule has 0 spiro atoms. The number of H-pyrrole nitrogens is 1. The van der Waals surface area contributed by atoms with Crippen LogP contribution < -0.4 is 15.4 Å². The smallest absolute Gasteiger partial charge is 0.328 e. The lowest BCUT2D eigenvalue weighted by Crippen LogP contribution is -2.51. The molecule has 3 N–H and O–H groups in total. The third-order valence-electron chi connectivity index (χ3n) is 6.84. The van der Waals surface area contributed by atoms with Gasteiger partial charge in [0, 0.05) is 29.9 Å². The number of carbonyl (C=O) groups excluding carboxylic acids is 4. The maximum absolute atomic E-state index is 13.5. The summed E-state index contributed by atoms with van der Waals surface area (Å²) in [5.41, 5.74) is 0.813. The molecule has 0 aliphatic carbocycles. The molecule has 3 atom stereocenters. The third-order valence-corrected chi connectivity index (χ3v) is 6.84. The molecule has 10 heteroatoms. The van der Waals surface area contributed by atoms with Crippen molar-refractivity contribution < 1.29 is 28.7 Å². The second-order valence-corrected chi connectivity index (χ2v) is 10.0. The summed E-state index contributed by atoms with van der Waals surface area (Å²) in [6.07, 6.45) is 1.18. The molecule has 0 bridgehead atoms. The first-order valence-corrected chi connectivity index (χ1v) is 11.8. The van der Waals surface area contributed by atoms with Crippen LogP contribution in [-0.2, 0) is 19.1 Å². The third kappa shape index (κ3) is 4.96. The van der Waals surface area contributed by atoms with E-state index in [2.05, 4.69) is 15.6 Å². The van der Waals surface area contributed by atoms with E-state index in [-0.39, 0.29) is 29.6 Å². The summed E-state index contributed by atoms with van der Waals surface area (Å²) < 4.78 is 10.3.